The molecule has 1 radical (unpaired) electrons. The Morgan fingerprint density at radius 1 is 0.463 bits per heavy atom. The van der Waals surface area contributed by atoms with Gasteiger partial charge in [-0.3, -0.25) is 0 Å². The van der Waals surface area contributed by atoms with Crippen LogP contribution in [0.25, 0.3) is 67.7 Å². The molecule has 0 unspecified atom stereocenters. The first-order valence-electron chi connectivity index (χ1n) is 23.6. The largest absolute Gasteiger partial charge is 0.304 e. The molecule has 2 heterocycles. The molecule has 4 nitrogen and oxygen atoms in total. The molecule has 0 aliphatic heterocycles. The number of pyridine rings is 1. The maximum atomic E-state index is 5.15. The third-order valence-electron chi connectivity index (χ3n) is 13.9. The topological polar surface area (TPSA) is 51.6 Å². The maximum absolute atomic E-state index is 5.15. The molecule has 339 valence electrons. The van der Waals surface area contributed by atoms with Gasteiger partial charge in [-0.2, -0.15) is 0 Å². The van der Waals surface area contributed by atoms with Gasteiger partial charge in [-0.05, 0) is 86.1 Å². The van der Waals surface area contributed by atoms with Crippen LogP contribution >= 0.6 is 0 Å². The zero-order valence-electron chi connectivity index (χ0n) is 40.9. The fourth-order valence-electron chi connectivity index (χ4n) is 11.8. The average Bonchev–Trinajstić information content (AvgIpc) is 3.74. The number of hydrogen-bond acceptors (Lipinski definition) is 4. The van der Waals surface area contributed by atoms with E-state index < -0.39 is 5.41 Å². The van der Waals surface area contributed by atoms with Crippen molar-refractivity contribution in [1.82, 2.24) is 19.9 Å². The van der Waals surface area contributed by atoms with Crippen molar-refractivity contribution in [3.05, 3.63) is 191 Å². The Kier molecular flexibility index (Phi) is 11.5. The fourth-order valence-corrected chi connectivity index (χ4v) is 11.8. The Morgan fingerprint density at radius 3 is 1.39 bits per heavy atom. The molecule has 2 aromatic heterocycles. The molecule has 8 aromatic rings. The minimum absolute atomic E-state index is 0. The summed E-state index contributed by atoms with van der Waals surface area (Å²) in [6.45, 7) is 25.4. The summed E-state index contributed by atoms with van der Waals surface area (Å²) in [5, 5.41) is 0. The second-order valence-corrected chi connectivity index (χ2v) is 22.7. The summed E-state index contributed by atoms with van der Waals surface area (Å²) in [7, 11) is 0. The van der Waals surface area contributed by atoms with Crippen LogP contribution in [0.4, 0.5) is 0 Å². The van der Waals surface area contributed by atoms with Crippen molar-refractivity contribution in [2.45, 2.75) is 105 Å². The Bertz CT molecular complexity index is 3010. The van der Waals surface area contributed by atoms with Gasteiger partial charge < -0.3 is 4.98 Å². The average molecular weight is 1050 g/mol. The molecule has 0 fully saturated rings. The van der Waals surface area contributed by atoms with Gasteiger partial charge >= 0.3 is 0 Å². The van der Waals surface area contributed by atoms with Crippen LogP contribution in [0.1, 0.15) is 121 Å². The molecule has 0 saturated heterocycles. The Balaban J connectivity index is 0.00000562. The van der Waals surface area contributed by atoms with Crippen molar-refractivity contribution in [2.24, 2.45) is 10.8 Å². The van der Waals surface area contributed by atoms with E-state index in [1.807, 2.05) is 6.20 Å². The molecule has 0 amide bonds. The first-order valence-corrected chi connectivity index (χ1v) is 23.6. The summed E-state index contributed by atoms with van der Waals surface area (Å²) in [5.74, 6) is 1.87. The predicted molar refractivity (Wildman–Crippen MR) is 273 cm³/mol. The molecule has 0 saturated carbocycles. The molecule has 1 spiro atoms. The van der Waals surface area contributed by atoms with Gasteiger partial charge in [0, 0.05) is 43.0 Å². The van der Waals surface area contributed by atoms with Gasteiger partial charge in [-0.15, -0.1) is 29.3 Å². The van der Waals surface area contributed by atoms with Crippen molar-refractivity contribution < 1.29 is 20.1 Å². The molecule has 0 bridgehead atoms. The summed E-state index contributed by atoms with van der Waals surface area (Å²) in [6.07, 6.45) is 4.05. The Hall–Kier alpha value is -5.87. The minimum atomic E-state index is -0.438. The van der Waals surface area contributed by atoms with E-state index in [2.05, 4.69) is 222 Å². The number of benzene rings is 6. The van der Waals surface area contributed by atoms with Crippen LogP contribution in [0, 0.1) is 23.8 Å². The summed E-state index contributed by atoms with van der Waals surface area (Å²) < 4.78 is 0. The molecule has 2 aliphatic rings. The van der Waals surface area contributed by atoms with E-state index in [1.54, 1.807) is 0 Å². The van der Waals surface area contributed by atoms with Crippen LogP contribution in [0.5, 0.6) is 0 Å². The molecule has 0 atom stereocenters. The molecular weight excluding hydrogens is 993 g/mol. The Labute approximate surface area is 412 Å². The first-order chi connectivity index (χ1) is 31.3. The SMILES string of the molecule is Cc1ccc2c(c1)C1(c3ccccc3-c3ccccc31)c1cc(-c3ccc(-c4nc(-c5ccc(C(C)(C)CC(C)(C)C)cc5)nc(-c5ccc(C(C)(C)CC(C)(C)C)cc5)n4)cn3)[c-]cc1-2.[Ir]. The molecular formula is C62H61IrN4-. The fraction of sp³-hybridized carbons (Fsp3) is 0.290. The van der Waals surface area contributed by atoms with Crippen LogP contribution in [-0.4, -0.2) is 19.9 Å². The molecule has 6 aromatic carbocycles. The smallest absolute Gasteiger partial charge is 0.165 e. The van der Waals surface area contributed by atoms with E-state index in [0.717, 1.165) is 40.8 Å². The van der Waals surface area contributed by atoms with E-state index in [0.29, 0.717) is 17.5 Å². The van der Waals surface area contributed by atoms with Gasteiger partial charge in [0.15, 0.2) is 17.5 Å². The van der Waals surface area contributed by atoms with E-state index >= 15 is 0 Å². The second kappa shape index (κ2) is 16.7. The summed E-state index contributed by atoms with van der Waals surface area (Å²) >= 11 is 0. The van der Waals surface area contributed by atoms with Gasteiger partial charge in [-0.1, -0.05) is 213 Å². The van der Waals surface area contributed by atoms with E-state index in [9.17, 15) is 0 Å². The van der Waals surface area contributed by atoms with Crippen molar-refractivity contribution >= 4 is 0 Å². The maximum Gasteiger partial charge on any atom is 0.165 e. The van der Waals surface area contributed by atoms with Crippen LogP contribution in [0.15, 0.2) is 146 Å². The summed E-state index contributed by atoms with van der Waals surface area (Å²) in [6, 6.07) is 54.8. The number of aryl methyl sites for hydroxylation is 1. The summed E-state index contributed by atoms with van der Waals surface area (Å²) in [5.41, 5.74) is 18.7. The number of rotatable bonds is 8. The molecule has 67 heavy (non-hydrogen) atoms. The van der Waals surface area contributed by atoms with E-state index in [-0.39, 0.29) is 41.8 Å². The third kappa shape index (κ3) is 8.34. The predicted octanol–water partition coefficient (Wildman–Crippen LogP) is 15.8. The monoisotopic (exact) mass is 1050 g/mol. The van der Waals surface area contributed by atoms with Gasteiger partial charge in [0.2, 0.25) is 0 Å². The number of fused-ring (bicyclic) bond motifs is 10. The number of hydrogen-bond donors (Lipinski definition) is 0. The normalized spacial score (nSPS) is 13.7. The van der Waals surface area contributed by atoms with Crippen LogP contribution < -0.4 is 0 Å². The van der Waals surface area contributed by atoms with Gasteiger partial charge in [0.25, 0.3) is 0 Å². The molecule has 10 rings (SSSR count). The number of aromatic nitrogens is 4. The quantitative estimate of drug-likeness (QED) is 0.142. The molecule has 2 aliphatic carbocycles. The van der Waals surface area contributed by atoms with Crippen molar-refractivity contribution in [3.8, 4) is 67.7 Å². The van der Waals surface area contributed by atoms with E-state index in [4.69, 9.17) is 19.9 Å². The van der Waals surface area contributed by atoms with Gasteiger partial charge in [0.1, 0.15) is 0 Å². The Morgan fingerprint density at radius 2 is 0.910 bits per heavy atom. The van der Waals surface area contributed by atoms with E-state index in [1.165, 1.54) is 61.2 Å². The van der Waals surface area contributed by atoms with Gasteiger partial charge in [-0.25, -0.2) is 15.0 Å². The molecule has 0 N–H and O–H groups in total. The number of nitrogens with zero attached hydrogens (tertiary/aromatic N) is 4. The molecule has 5 heteroatoms. The van der Waals surface area contributed by atoms with Crippen LogP contribution in [-0.2, 0) is 36.4 Å². The van der Waals surface area contributed by atoms with Crippen LogP contribution in [0.3, 0.4) is 0 Å². The zero-order valence-corrected chi connectivity index (χ0v) is 43.3. The zero-order chi connectivity index (χ0) is 46.4. The third-order valence-corrected chi connectivity index (χ3v) is 13.9. The van der Waals surface area contributed by atoms with Gasteiger partial charge in [0.05, 0.1) is 5.41 Å². The van der Waals surface area contributed by atoms with Crippen LogP contribution in [0.2, 0.25) is 0 Å². The first kappa shape index (κ1) is 46.2. The standard InChI is InChI=1S/C62H61N4.Ir/c1-39-20-31-48-49-32-25-42(35-53(49)62(52(48)34-39)50-18-14-12-16-46(50)47-17-13-15-19-51(47)62)54-33-26-43(36-63-54)57-65-55(40-21-27-44(28-22-40)60(8,9)37-58(2,3)4)64-56(66-57)41-23-29-45(30-24-41)61(10,11)38-59(5,6)7;/h12-24,26-36H,37-38H2,1-11H3;/q-1;. The minimum Gasteiger partial charge on any atom is -0.304 e. The van der Waals surface area contributed by atoms with Crippen molar-refractivity contribution in [1.29, 1.82) is 0 Å². The second-order valence-electron chi connectivity index (χ2n) is 22.7. The van der Waals surface area contributed by atoms with Crippen molar-refractivity contribution in [2.75, 3.05) is 0 Å². The van der Waals surface area contributed by atoms with Crippen molar-refractivity contribution in [3.63, 3.8) is 0 Å². The summed E-state index contributed by atoms with van der Waals surface area (Å²) in [4.78, 5) is 20.6.